The second-order valence-corrected chi connectivity index (χ2v) is 3.17. The van der Waals surface area contributed by atoms with Gasteiger partial charge in [0.2, 0.25) is 0 Å². The van der Waals surface area contributed by atoms with Crippen molar-refractivity contribution in [1.29, 1.82) is 0 Å². The zero-order valence-corrected chi connectivity index (χ0v) is 8.12. The van der Waals surface area contributed by atoms with Crippen molar-refractivity contribution < 1.29 is 5.11 Å². The highest BCUT2D eigenvalue weighted by Crippen LogP contribution is 2.07. The van der Waals surface area contributed by atoms with E-state index in [4.69, 9.17) is 5.11 Å². The van der Waals surface area contributed by atoms with Crippen molar-refractivity contribution in [3.8, 4) is 5.75 Å². The molecule has 2 N–H and O–H groups in total. The Labute approximate surface area is 78.8 Å². The summed E-state index contributed by atoms with van der Waals surface area (Å²) in [5, 5.41) is 12.3. The zero-order chi connectivity index (χ0) is 9.68. The molecule has 1 atom stereocenters. The second-order valence-electron chi connectivity index (χ2n) is 3.17. The van der Waals surface area contributed by atoms with Crippen LogP contribution in [0, 0.1) is 0 Å². The molecule has 0 aliphatic heterocycles. The molecule has 0 aliphatic carbocycles. The standard InChI is InChI=1S/C10H16N2O/c1-3-11-8(2)6-9-4-5-10(13)7-12-9/h4-5,7-8,11,13H,3,6H2,1-2H3. The SMILES string of the molecule is CCNC(C)Cc1ccc(O)cn1. The third kappa shape index (κ3) is 3.42. The van der Waals surface area contributed by atoms with Crippen LogP contribution in [0.4, 0.5) is 0 Å². The number of nitrogens with one attached hydrogen (secondary N) is 1. The third-order valence-corrected chi connectivity index (χ3v) is 1.88. The molecule has 0 aromatic carbocycles. The summed E-state index contributed by atoms with van der Waals surface area (Å²) in [5.74, 6) is 0.222. The van der Waals surface area contributed by atoms with Crippen LogP contribution in [-0.2, 0) is 6.42 Å². The molecule has 0 saturated heterocycles. The van der Waals surface area contributed by atoms with Gasteiger partial charge in [-0.25, -0.2) is 0 Å². The minimum absolute atomic E-state index is 0.222. The molecule has 1 heterocycles. The van der Waals surface area contributed by atoms with Crippen LogP contribution in [0.2, 0.25) is 0 Å². The van der Waals surface area contributed by atoms with Crippen LogP contribution in [0.3, 0.4) is 0 Å². The average molecular weight is 180 g/mol. The number of pyridine rings is 1. The molecule has 1 unspecified atom stereocenters. The fraction of sp³-hybridized carbons (Fsp3) is 0.500. The number of nitrogens with zero attached hydrogens (tertiary/aromatic N) is 1. The van der Waals surface area contributed by atoms with E-state index in [0.717, 1.165) is 18.7 Å². The monoisotopic (exact) mass is 180 g/mol. The van der Waals surface area contributed by atoms with Gasteiger partial charge in [-0.2, -0.15) is 0 Å². The summed E-state index contributed by atoms with van der Waals surface area (Å²) >= 11 is 0. The molecule has 0 fully saturated rings. The Morgan fingerprint density at radius 2 is 2.31 bits per heavy atom. The van der Waals surface area contributed by atoms with Gasteiger partial charge in [0.15, 0.2) is 0 Å². The fourth-order valence-electron chi connectivity index (χ4n) is 1.27. The van der Waals surface area contributed by atoms with Crippen LogP contribution < -0.4 is 5.32 Å². The van der Waals surface area contributed by atoms with E-state index in [2.05, 4.69) is 24.1 Å². The van der Waals surface area contributed by atoms with Crippen molar-refractivity contribution in [2.24, 2.45) is 0 Å². The lowest BCUT2D eigenvalue weighted by atomic mass is 10.1. The predicted octanol–water partition coefficient (Wildman–Crippen LogP) is 1.33. The first-order valence-electron chi connectivity index (χ1n) is 4.59. The normalized spacial score (nSPS) is 12.8. The zero-order valence-electron chi connectivity index (χ0n) is 8.12. The van der Waals surface area contributed by atoms with E-state index in [1.165, 1.54) is 6.20 Å². The lowest BCUT2D eigenvalue weighted by molar-refractivity contribution is 0.471. The smallest absolute Gasteiger partial charge is 0.133 e. The van der Waals surface area contributed by atoms with Gasteiger partial charge >= 0.3 is 0 Å². The summed E-state index contributed by atoms with van der Waals surface area (Å²) < 4.78 is 0. The van der Waals surface area contributed by atoms with Gasteiger partial charge in [-0.15, -0.1) is 0 Å². The first-order chi connectivity index (χ1) is 6.22. The van der Waals surface area contributed by atoms with Crippen LogP contribution in [0.5, 0.6) is 5.75 Å². The number of aromatic hydroxyl groups is 1. The summed E-state index contributed by atoms with van der Waals surface area (Å²) in [6.45, 7) is 5.18. The van der Waals surface area contributed by atoms with Crippen LogP contribution in [0.15, 0.2) is 18.3 Å². The summed E-state index contributed by atoms with van der Waals surface area (Å²) in [5.41, 5.74) is 1.01. The molecule has 0 amide bonds. The van der Waals surface area contributed by atoms with Gasteiger partial charge in [0.25, 0.3) is 0 Å². The van der Waals surface area contributed by atoms with Crippen LogP contribution in [0.1, 0.15) is 19.5 Å². The molecule has 3 heteroatoms. The summed E-state index contributed by atoms with van der Waals surface area (Å²) in [6, 6.07) is 3.95. The highest BCUT2D eigenvalue weighted by Gasteiger charge is 2.02. The molecule has 1 aromatic heterocycles. The maximum Gasteiger partial charge on any atom is 0.133 e. The Kier molecular flexibility index (Phi) is 3.71. The maximum absolute atomic E-state index is 9.02. The molecule has 13 heavy (non-hydrogen) atoms. The topological polar surface area (TPSA) is 45.1 Å². The Balaban J connectivity index is 2.49. The quantitative estimate of drug-likeness (QED) is 0.734. The first-order valence-corrected chi connectivity index (χ1v) is 4.59. The van der Waals surface area contributed by atoms with Gasteiger partial charge in [0.05, 0.1) is 6.20 Å². The molecule has 0 spiro atoms. The third-order valence-electron chi connectivity index (χ3n) is 1.88. The van der Waals surface area contributed by atoms with E-state index in [0.29, 0.717) is 6.04 Å². The number of hydrogen-bond donors (Lipinski definition) is 2. The minimum atomic E-state index is 0.222. The molecular formula is C10H16N2O. The molecule has 0 aliphatic rings. The Hall–Kier alpha value is -1.09. The summed E-state index contributed by atoms with van der Waals surface area (Å²) in [6.07, 6.45) is 2.38. The first kappa shape index (κ1) is 9.99. The summed E-state index contributed by atoms with van der Waals surface area (Å²) in [7, 11) is 0. The largest absolute Gasteiger partial charge is 0.506 e. The van der Waals surface area contributed by atoms with Gasteiger partial charge < -0.3 is 10.4 Å². The van der Waals surface area contributed by atoms with Crippen molar-refractivity contribution in [2.75, 3.05) is 6.54 Å². The Morgan fingerprint density at radius 1 is 1.54 bits per heavy atom. The van der Waals surface area contributed by atoms with E-state index in [1.54, 1.807) is 6.07 Å². The molecule has 0 saturated carbocycles. The van der Waals surface area contributed by atoms with Gasteiger partial charge in [0, 0.05) is 18.2 Å². The van der Waals surface area contributed by atoms with Crippen LogP contribution in [-0.4, -0.2) is 22.7 Å². The highest BCUT2D eigenvalue weighted by molar-refractivity contribution is 5.18. The Morgan fingerprint density at radius 3 is 2.85 bits per heavy atom. The molecule has 1 aromatic rings. The maximum atomic E-state index is 9.02. The number of aromatic nitrogens is 1. The van der Waals surface area contributed by atoms with Gasteiger partial charge in [-0.3, -0.25) is 4.98 Å². The van der Waals surface area contributed by atoms with Crippen LogP contribution >= 0.6 is 0 Å². The van der Waals surface area contributed by atoms with Crippen molar-refractivity contribution in [3.05, 3.63) is 24.0 Å². The number of likely N-dealkylation sites (N-methyl/N-ethyl adjacent to an activating group) is 1. The number of rotatable bonds is 4. The summed E-state index contributed by atoms with van der Waals surface area (Å²) in [4.78, 5) is 4.11. The van der Waals surface area contributed by atoms with Crippen molar-refractivity contribution in [1.82, 2.24) is 10.3 Å². The Bertz CT molecular complexity index is 246. The minimum Gasteiger partial charge on any atom is -0.506 e. The van der Waals surface area contributed by atoms with E-state index >= 15 is 0 Å². The van der Waals surface area contributed by atoms with Gasteiger partial charge in [-0.05, 0) is 25.6 Å². The molecule has 72 valence electrons. The molecule has 0 bridgehead atoms. The lowest BCUT2D eigenvalue weighted by Gasteiger charge is -2.10. The molecule has 3 nitrogen and oxygen atoms in total. The van der Waals surface area contributed by atoms with Crippen molar-refractivity contribution >= 4 is 0 Å². The molecule has 0 radical (unpaired) electrons. The average Bonchev–Trinajstić information content (AvgIpc) is 2.09. The molecular weight excluding hydrogens is 164 g/mol. The van der Waals surface area contributed by atoms with Gasteiger partial charge in [0.1, 0.15) is 5.75 Å². The van der Waals surface area contributed by atoms with Crippen molar-refractivity contribution in [2.45, 2.75) is 26.3 Å². The van der Waals surface area contributed by atoms with Crippen LogP contribution in [0.25, 0.3) is 0 Å². The van der Waals surface area contributed by atoms with Crippen molar-refractivity contribution in [3.63, 3.8) is 0 Å². The second kappa shape index (κ2) is 4.82. The van der Waals surface area contributed by atoms with E-state index in [1.807, 2.05) is 6.07 Å². The fourth-order valence-corrected chi connectivity index (χ4v) is 1.27. The van der Waals surface area contributed by atoms with E-state index in [9.17, 15) is 0 Å². The highest BCUT2D eigenvalue weighted by atomic mass is 16.3. The molecule has 1 rings (SSSR count). The van der Waals surface area contributed by atoms with E-state index in [-0.39, 0.29) is 5.75 Å². The van der Waals surface area contributed by atoms with Gasteiger partial charge in [-0.1, -0.05) is 6.92 Å². The van der Waals surface area contributed by atoms with E-state index < -0.39 is 0 Å². The lowest BCUT2D eigenvalue weighted by Crippen LogP contribution is -2.27. The predicted molar refractivity (Wildman–Crippen MR) is 52.7 cm³/mol. The number of hydrogen-bond acceptors (Lipinski definition) is 3.